The molecule has 0 aromatic carbocycles. The second-order valence-corrected chi connectivity index (χ2v) is 4.59. The highest BCUT2D eigenvalue weighted by Crippen LogP contribution is 2.55. The predicted octanol–water partition coefficient (Wildman–Crippen LogP) is -0.0700. The largest absolute Gasteiger partial charge is 0.469 e. The molecule has 3 rings (SSSR count). The minimum absolute atomic E-state index is 0.0652. The van der Waals surface area contributed by atoms with Crippen molar-refractivity contribution in [3.05, 3.63) is 0 Å². The van der Waals surface area contributed by atoms with Crippen molar-refractivity contribution in [1.82, 2.24) is 5.32 Å². The number of carbonyl (C=O) groups excluding carboxylic acids is 2. The molecule has 0 radical (unpaired) electrons. The van der Waals surface area contributed by atoms with E-state index in [2.05, 4.69) is 5.32 Å². The van der Waals surface area contributed by atoms with E-state index in [1.54, 1.807) is 0 Å². The van der Waals surface area contributed by atoms with Crippen LogP contribution in [0.3, 0.4) is 0 Å². The second-order valence-electron chi connectivity index (χ2n) is 4.59. The Morgan fingerprint density at radius 1 is 1.50 bits per heavy atom. The smallest absolute Gasteiger partial charge is 0.309 e. The zero-order chi connectivity index (χ0) is 9.87. The van der Waals surface area contributed by atoms with E-state index >= 15 is 0 Å². The van der Waals surface area contributed by atoms with E-state index < -0.39 is 0 Å². The van der Waals surface area contributed by atoms with Crippen LogP contribution in [0.1, 0.15) is 12.8 Å². The first-order chi connectivity index (χ1) is 6.72. The fraction of sp³-hybridized carbons (Fsp3) is 0.800. The molecule has 2 aliphatic carbocycles. The Kier molecular flexibility index (Phi) is 1.47. The number of methoxy groups -OCH3 is 1. The van der Waals surface area contributed by atoms with E-state index in [1.165, 1.54) is 7.11 Å². The Labute approximate surface area is 82.0 Å². The summed E-state index contributed by atoms with van der Waals surface area (Å²) in [5.74, 6) is 0.390. The average molecular weight is 195 g/mol. The van der Waals surface area contributed by atoms with E-state index in [0.29, 0.717) is 17.9 Å². The topological polar surface area (TPSA) is 55.4 Å². The van der Waals surface area contributed by atoms with Gasteiger partial charge in [-0.15, -0.1) is 0 Å². The summed E-state index contributed by atoms with van der Waals surface area (Å²) in [6.45, 7) is 0. The molecule has 2 saturated carbocycles. The molecule has 3 aliphatic rings. The summed E-state index contributed by atoms with van der Waals surface area (Å²) in [5.41, 5.74) is 0. The SMILES string of the molecule is COC(=O)[C@@H]1[C@@H]2C[C@@H]3[C@H]1C(=O)N[C@@H]3C2. The van der Waals surface area contributed by atoms with Crippen LogP contribution in [0.5, 0.6) is 0 Å². The number of hydrogen-bond acceptors (Lipinski definition) is 3. The fourth-order valence-corrected chi connectivity index (χ4v) is 3.64. The van der Waals surface area contributed by atoms with Crippen LogP contribution in [0.25, 0.3) is 0 Å². The van der Waals surface area contributed by atoms with Crippen LogP contribution in [0, 0.1) is 23.7 Å². The molecule has 1 heterocycles. The van der Waals surface area contributed by atoms with Gasteiger partial charge in [-0.1, -0.05) is 0 Å². The van der Waals surface area contributed by atoms with Crippen molar-refractivity contribution in [2.75, 3.05) is 7.11 Å². The Morgan fingerprint density at radius 2 is 2.29 bits per heavy atom. The van der Waals surface area contributed by atoms with Gasteiger partial charge in [-0.2, -0.15) is 0 Å². The number of esters is 1. The van der Waals surface area contributed by atoms with Crippen LogP contribution < -0.4 is 5.32 Å². The van der Waals surface area contributed by atoms with Gasteiger partial charge in [0.2, 0.25) is 5.91 Å². The van der Waals surface area contributed by atoms with E-state index in [9.17, 15) is 9.59 Å². The first kappa shape index (κ1) is 8.26. The molecule has 1 aliphatic heterocycles. The molecule has 3 fully saturated rings. The van der Waals surface area contributed by atoms with Gasteiger partial charge in [0.25, 0.3) is 0 Å². The van der Waals surface area contributed by atoms with Gasteiger partial charge in [0.1, 0.15) is 0 Å². The van der Waals surface area contributed by atoms with Crippen molar-refractivity contribution in [3.8, 4) is 0 Å². The van der Waals surface area contributed by atoms with Crippen molar-refractivity contribution in [3.63, 3.8) is 0 Å². The van der Waals surface area contributed by atoms with Gasteiger partial charge in [-0.05, 0) is 24.7 Å². The lowest BCUT2D eigenvalue weighted by Crippen LogP contribution is -2.32. The molecule has 1 amide bonds. The molecule has 2 bridgehead atoms. The zero-order valence-electron chi connectivity index (χ0n) is 8.03. The van der Waals surface area contributed by atoms with E-state index in [0.717, 1.165) is 12.8 Å². The van der Waals surface area contributed by atoms with Crippen molar-refractivity contribution >= 4 is 11.9 Å². The molecule has 5 atom stereocenters. The normalized spacial score (nSPS) is 48.1. The van der Waals surface area contributed by atoms with Crippen molar-refractivity contribution in [2.24, 2.45) is 23.7 Å². The van der Waals surface area contributed by atoms with Gasteiger partial charge in [0.05, 0.1) is 18.9 Å². The third-order valence-electron chi connectivity index (χ3n) is 4.11. The predicted molar refractivity (Wildman–Crippen MR) is 47.1 cm³/mol. The highest BCUT2D eigenvalue weighted by atomic mass is 16.5. The minimum Gasteiger partial charge on any atom is -0.469 e. The maximum Gasteiger partial charge on any atom is 0.309 e. The number of ether oxygens (including phenoxy) is 1. The quantitative estimate of drug-likeness (QED) is 0.596. The number of nitrogens with one attached hydrogen (secondary N) is 1. The highest BCUT2D eigenvalue weighted by Gasteiger charge is 2.62. The van der Waals surface area contributed by atoms with E-state index in [4.69, 9.17) is 4.74 Å². The van der Waals surface area contributed by atoms with E-state index in [1.807, 2.05) is 0 Å². The first-order valence-electron chi connectivity index (χ1n) is 5.10. The maximum atomic E-state index is 11.6. The molecule has 4 nitrogen and oxygen atoms in total. The molecule has 1 N–H and O–H groups in total. The maximum absolute atomic E-state index is 11.6. The lowest BCUT2D eigenvalue weighted by molar-refractivity contribution is -0.150. The van der Waals surface area contributed by atoms with Gasteiger partial charge in [-0.25, -0.2) is 0 Å². The fourth-order valence-electron chi connectivity index (χ4n) is 3.64. The van der Waals surface area contributed by atoms with Crippen LogP contribution >= 0.6 is 0 Å². The molecule has 1 saturated heterocycles. The Bertz CT molecular complexity index is 312. The first-order valence-corrected chi connectivity index (χ1v) is 5.10. The second kappa shape index (κ2) is 2.49. The Balaban J connectivity index is 1.95. The van der Waals surface area contributed by atoms with Crippen molar-refractivity contribution in [1.29, 1.82) is 0 Å². The summed E-state index contributed by atoms with van der Waals surface area (Å²) < 4.78 is 4.77. The lowest BCUT2D eigenvalue weighted by Gasteiger charge is -2.23. The lowest BCUT2D eigenvalue weighted by atomic mass is 9.80. The number of hydrogen-bond donors (Lipinski definition) is 1. The van der Waals surface area contributed by atoms with Crippen LogP contribution in [-0.4, -0.2) is 25.0 Å². The molecule has 76 valence electrons. The van der Waals surface area contributed by atoms with Gasteiger partial charge in [-0.3, -0.25) is 9.59 Å². The van der Waals surface area contributed by atoms with Crippen LogP contribution in [0.15, 0.2) is 0 Å². The zero-order valence-corrected chi connectivity index (χ0v) is 8.03. The number of rotatable bonds is 1. The summed E-state index contributed by atoms with van der Waals surface area (Å²) in [7, 11) is 1.40. The summed E-state index contributed by atoms with van der Waals surface area (Å²) in [4.78, 5) is 23.1. The standard InChI is InChI=1S/C10H13NO3/c1-14-10(13)7-4-2-5-6(3-4)11-9(12)8(5)7/h4-8H,2-3H2,1H3,(H,11,12)/t4-,5+,6-,7-,8-/m1/s1. The summed E-state index contributed by atoms with van der Waals surface area (Å²) >= 11 is 0. The number of fused-ring (bicyclic) bond motifs is 1. The third-order valence-corrected chi connectivity index (χ3v) is 4.11. The van der Waals surface area contributed by atoms with E-state index in [-0.39, 0.29) is 23.7 Å². The van der Waals surface area contributed by atoms with Gasteiger partial charge >= 0.3 is 5.97 Å². The highest BCUT2D eigenvalue weighted by molar-refractivity contribution is 5.89. The summed E-state index contributed by atoms with van der Waals surface area (Å²) in [6.07, 6.45) is 1.99. The van der Waals surface area contributed by atoms with Crippen LogP contribution in [-0.2, 0) is 14.3 Å². The Hall–Kier alpha value is -1.06. The molecule has 0 spiro atoms. The molecule has 0 aromatic heterocycles. The minimum atomic E-state index is -0.196. The molecule has 4 heteroatoms. The van der Waals surface area contributed by atoms with Crippen LogP contribution in [0.2, 0.25) is 0 Å². The summed E-state index contributed by atoms with van der Waals surface area (Å²) in [6, 6.07) is 0.346. The number of carbonyl (C=O) groups is 2. The monoisotopic (exact) mass is 195 g/mol. The van der Waals surface area contributed by atoms with Crippen molar-refractivity contribution in [2.45, 2.75) is 18.9 Å². The van der Waals surface area contributed by atoms with Crippen molar-refractivity contribution < 1.29 is 14.3 Å². The molecular weight excluding hydrogens is 182 g/mol. The third kappa shape index (κ3) is 0.792. The molecule has 0 aromatic rings. The summed E-state index contributed by atoms with van der Waals surface area (Å²) in [5, 5.41) is 2.97. The van der Waals surface area contributed by atoms with Crippen LogP contribution in [0.4, 0.5) is 0 Å². The van der Waals surface area contributed by atoms with Gasteiger partial charge < -0.3 is 10.1 Å². The average Bonchev–Trinajstić information content (AvgIpc) is 2.75. The van der Waals surface area contributed by atoms with Gasteiger partial charge in [0.15, 0.2) is 0 Å². The van der Waals surface area contributed by atoms with Gasteiger partial charge in [0, 0.05) is 6.04 Å². The molecule has 0 unspecified atom stereocenters. The molecule has 14 heavy (non-hydrogen) atoms. The molecular formula is C10H13NO3. The number of amides is 1. The Morgan fingerprint density at radius 3 is 3.00 bits per heavy atom.